The van der Waals surface area contributed by atoms with Gasteiger partial charge in [0.1, 0.15) is 0 Å². The smallest absolute Gasteiger partial charge is 0.220 e. The van der Waals surface area contributed by atoms with Gasteiger partial charge in [-0.05, 0) is 37.9 Å². The van der Waals surface area contributed by atoms with Crippen molar-refractivity contribution in [2.75, 3.05) is 6.54 Å². The molecule has 0 aromatic carbocycles. The molecular weight excluding hydrogens is 214 g/mol. The minimum atomic E-state index is 0.115. The summed E-state index contributed by atoms with van der Waals surface area (Å²) in [6.45, 7) is 1.62. The number of carbonyl (C=O) groups is 1. The highest BCUT2D eigenvalue weighted by Crippen LogP contribution is 2.10. The van der Waals surface area contributed by atoms with Crippen molar-refractivity contribution < 1.29 is 4.79 Å². The van der Waals surface area contributed by atoms with Gasteiger partial charge in [-0.3, -0.25) is 9.78 Å². The molecule has 1 fully saturated rings. The molecule has 0 spiro atoms. The number of nitrogens with one attached hydrogen (secondary N) is 2. The van der Waals surface area contributed by atoms with Crippen LogP contribution in [-0.2, 0) is 11.3 Å². The Morgan fingerprint density at radius 1 is 1.53 bits per heavy atom. The largest absolute Gasteiger partial charge is 0.350 e. The fraction of sp³-hybridized carbons (Fsp3) is 0.538. The summed E-state index contributed by atoms with van der Waals surface area (Å²) >= 11 is 0. The first-order valence-electron chi connectivity index (χ1n) is 6.24. The van der Waals surface area contributed by atoms with E-state index in [0.29, 0.717) is 19.0 Å². The van der Waals surface area contributed by atoms with Crippen molar-refractivity contribution in [3.8, 4) is 0 Å². The van der Waals surface area contributed by atoms with Crippen LogP contribution in [0.15, 0.2) is 24.4 Å². The van der Waals surface area contributed by atoms with Crippen LogP contribution in [0.1, 0.15) is 31.4 Å². The zero-order chi connectivity index (χ0) is 11.9. The van der Waals surface area contributed by atoms with E-state index in [1.54, 1.807) is 6.20 Å². The standard InChI is InChI=1S/C13H19N3O/c17-13(7-6-11-5-3-9-14-11)16-10-12-4-1-2-8-15-12/h1-2,4,8,11,14H,3,5-7,9-10H2,(H,16,17). The number of carbonyl (C=O) groups excluding carboxylic acids is 1. The molecule has 1 saturated heterocycles. The summed E-state index contributed by atoms with van der Waals surface area (Å²) in [6, 6.07) is 6.25. The maximum atomic E-state index is 11.6. The first-order valence-corrected chi connectivity index (χ1v) is 6.24. The summed E-state index contributed by atoms with van der Waals surface area (Å²) in [5.41, 5.74) is 0.903. The van der Waals surface area contributed by atoms with Crippen LogP contribution >= 0.6 is 0 Å². The number of nitrogens with zero attached hydrogens (tertiary/aromatic N) is 1. The predicted octanol–water partition coefficient (Wildman–Crippen LogP) is 1.23. The van der Waals surface area contributed by atoms with Crippen molar-refractivity contribution in [1.82, 2.24) is 15.6 Å². The average molecular weight is 233 g/mol. The van der Waals surface area contributed by atoms with Gasteiger partial charge in [0, 0.05) is 18.7 Å². The second-order valence-corrected chi connectivity index (χ2v) is 4.43. The summed E-state index contributed by atoms with van der Waals surface area (Å²) in [4.78, 5) is 15.8. The molecule has 0 bridgehead atoms. The van der Waals surface area contributed by atoms with E-state index in [9.17, 15) is 4.79 Å². The van der Waals surface area contributed by atoms with Crippen LogP contribution in [-0.4, -0.2) is 23.5 Å². The molecule has 17 heavy (non-hydrogen) atoms. The van der Waals surface area contributed by atoms with Crippen LogP contribution in [0.3, 0.4) is 0 Å². The zero-order valence-corrected chi connectivity index (χ0v) is 9.98. The number of amides is 1. The lowest BCUT2D eigenvalue weighted by molar-refractivity contribution is -0.121. The lowest BCUT2D eigenvalue weighted by atomic mass is 10.1. The maximum absolute atomic E-state index is 11.6. The molecule has 0 radical (unpaired) electrons. The van der Waals surface area contributed by atoms with E-state index < -0.39 is 0 Å². The summed E-state index contributed by atoms with van der Waals surface area (Å²) in [5.74, 6) is 0.115. The van der Waals surface area contributed by atoms with E-state index in [4.69, 9.17) is 0 Å². The summed E-state index contributed by atoms with van der Waals surface area (Å²) in [7, 11) is 0. The lowest BCUT2D eigenvalue weighted by Gasteiger charge is -2.09. The Morgan fingerprint density at radius 3 is 3.18 bits per heavy atom. The molecule has 1 aromatic heterocycles. The highest BCUT2D eigenvalue weighted by molar-refractivity contribution is 5.75. The fourth-order valence-corrected chi connectivity index (χ4v) is 2.09. The van der Waals surface area contributed by atoms with Gasteiger partial charge < -0.3 is 10.6 Å². The Balaban J connectivity index is 1.64. The van der Waals surface area contributed by atoms with Gasteiger partial charge in [0.2, 0.25) is 5.91 Å². The van der Waals surface area contributed by atoms with Gasteiger partial charge in [0.25, 0.3) is 0 Å². The summed E-state index contributed by atoms with van der Waals surface area (Å²) < 4.78 is 0. The molecule has 2 rings (SSSR count). The van der Waals surface area contributed by atoms with Gasteiger partial charge in [-0.2, -0.15) is 0 Å². The molecule has 92 valence electrons. The lowest BCUT2D eigenvalue weighted by Crippen LogP contribution is -2.27. The molecule has 4 nitrogen and oxygen atoms in total. The van der Waals surface area contributed by atoms with Gasteiger partial charge in [0.05, 0.1) is 12.2 Å². The number of hydrogen-bond acceptors (Lipinski definition) is 3. The Labute approximate surface area is 102 Å². The quantitative estimate of drug-likeness (QED) is 0.804. The number of aromatic nitrogens is 1. The van der Waals surface area contributed by atoms with E-state index >= 15 is 0 Å². The molecule has 0 aliphatic carbocycles. The molecule has 4 heteroatoms. The topological polar surface area (TPSA) is 54.0 Å². The molecule has 1 unspecified atom stereocenters. The molecule has 1 aliphatic heterocycles. The molecule has 1 aromatic rings. The molecule has 1 amide bonds. The van der Waals surface area contributed by atoms with Crippen molar-refractivity contribution in [2.24, 2.45) is 0 Å². The van der Waals surface area contributed by atoms with E-state index in [-0.39, 0.29) is 5.91 Å². The maximum Gasteiger partial charge on any atom is 0.220 e. The second kappa shape index (κ2) is 6.35. The first-order chi connectivity index (χ1) is 8.34. The van der Waals surface area contributed by atoms with Crippen LogP contribution in [0, 0.1) is 0 Å². The summed E-state index contributed by atoms with van der Waals surface area (Å²) in [6.07, 6.45) is 5.72. The van der Waals surface area contributed by atoms with Crippen LogP contribution in [0.25, 0.3) is 0 Å². The van der Waals surface area contributed by atoms with Crippen molar-refractivity contribution >= 4 is 5.91 Å². The zero-order valence-electron chi connectivity index (χ0n) is 9.98. The summed E-state index contributed by atoms with van der Waals surface area (Å²) in [5, 5.41) is 6.29. The highest BCUT2D eigenvalue weighted by Gasteiger charge is 2.14. The number of rotatable bonds is 5. The second-order valence-electron chi connectivity index (χ2n) is 4.43. The molecule has 0 saturated carbocycles. The van der Waals surface area contributed by atoms with Gasteiger partial charge in [-0.1, -0.05) is 6.07 Å². The number of pyridine rings is 1. The van der Waals surface area contributed by atoms with Crippen molar-refractivity contribution in [3.63, 3.8) is 0 Å². The first kappa shape index (κ1) is 12.0. The van der Waals surface area contributed by atoms with Crippen LogP contribution in [0.5, 0.6) is 0 Å². The van der Waals surface area contributed by atoms with Crippen molar-refractivity contribution in [3.05, 3.63) is 30.1 Å². The van der Waals surface area contributed by atoms with Crippen molar-refractivity contribution in [2.45, 2.75) is 38.3 Å². The fourth-order valence-electron chi connectivity index (χ4n) is 2.09. The Morgan fingerprint density at radius 2 is 2.47 bits per heavy atom. The highest BCUT2D eigenvalue weighted by atomic mass is 16.1. The van der Waals surface area contributed by atoms with Gasteiger partial charge in [-0.15, -0.1) is 0 Å². The minimum absolute atomic E-state index is 0.115. The third-order valence-corrected chi connectivity index (χ3v) is 3.08. The van der Waals surface area contributed by atoms with Gasteiger partial charge in [0.15, 0.2) is 0 Å². The van der Waals surface area contributed by atoms with Gasteiger partial charge in [-0.25, -0.2) is 0 Å². The van der Waals surface area contributed by atoms with E-state index in [2.05, 4.69) is 15.6 Å². The number of hydrogen-bond donors (Lipinski definition) is 2. The SMILES string of the molecule is O=C(CCC1CCCN1)NCc1ccccn1. The minimum Gasteiger partial charge on any atom is -0.350 e. The van der Waals surface area contributed by atoms with Crippen LogP contribution < -0.4 is 10.6 Å². The van der Waals surface area contributed by atoms with Crippen molar-refractivity contribution in [1.29, 1.82) is 0 Å². The van der Waals surface area contributed by atoms with Crippen LogP contribution in [0.2, 0.25) is 0 Å². The van der Waals surface area contributed by atoms with E-state index in [1.165, 1.54) is 12.8 Å². The monoisotopic (exact) mass is 233 g/mol. The van der Waals surface area contributed by atoms with Gasteiger partial charge >= 0.3 is 0 Å². The Hall–Kier alpha value is -1.42. The third kappa shape index (κ3) is 4.15. The normalized spacial score (nSPS) is 19.2. The Bertz CT molecular complexity index is 347. The molecule has 2 heterocycles. The third-order valence-electron chi connectivity index (χ3n) is 3.08. The predicted molar refractivity (Wildman–Crippen MR) is 66.3 cm³/mol. The molecule has 1 atom stereocenters. The average Bonchev–Trinajstić information content (AvgIpc) is 2.88. The molecular formula is C13H19N3O. The van der Waals surface area contributed by atoms with Crippen LogP contribution in [0.4, 0.5) is 0 Å². The van der Waals surface area contributed by atoms with E-state index in [0.717, 1.165) is 18.7 Å². The van der Waals surface area contributed by atoms with E-state index in [1.807, 2.05) is 18.2 Å². The molecule has 1 aliphatic rings. The molecule has 2 N–H and O–H groups in total. The Kier molecular flexibility index (Phi) is 4.50.